The SMILES string of the molecule is Cc1ccc2oc(C(=O)C3CCC3)cc2c1. The fourth-order valence-electron chi connectivity index (χ4n) is 2.16. The molecule has 2 nitrogen and oxygen atoms in total. The van der Waals surface area contributed by atoms with E-state index in [-0.39, 0.29) is 11.7 Å². The van der Waals surface area contributed by atoms with Gasteiger partial charge in [-0.15, -0.1) is 0 Å². The van der Waals surface area contributed by atoms with Crippen molar-refractivity contribution in [1.29, 1.82) is 0 Å². The molecule has 0 atom stereocenters. The number of Topliss-reactive ketones (excluding diaryl/α,β-unsaturated/α-hetero) is 1. The van der Waals surface area contributed by atoms with E-state index >= 15 is 0 Å². The molecule has 0 N–H and O–H groups in total. The Morgan fingerprint density at radius 3 is 2.81 bits per heavy atom. The maximum absolute atomic E-state index is 12.0. The molecule has 0 amide bonds. The fraction of sp³-hybridized carbons (Fsp3) is 0.357. The number of benzene rings is 1. The first-order valence-electron chi connectivity index (χ1n) is 5.78. The quantitative estimate of drug-likeness (QED) is 0.713. The summed E-state index contributed by atoms with van der Waals surface area (Å²) in [5.41, 5.74) is 2.00. The second-order valence-corrected chi connectivity index (χ2v) is 4.64. The monoisotopic (exact) mass is 214 g/mol. The van der Waals surface area contributed by atoms with E-state index in [2.05, 4.69) is 6.07 Å². The van der Waals surface area contributed by atoms with Gasteiger partial charge in [-0.3, -0.25) is 4.79 Å². The summed E-state index contributed by atoms with van der Waals surface area (Å²) in [5, 5.41) is 1.03. The third kappa shape index (κ3) is 1.45. The smallest absolute Gasteiger partial charge is 0.201 e. The normalized spacial score (nSPS) is 16.3. The summed E-state index contributed by atoms with van der Waals surface area (Å²) in [6, 6.07) is 7.87. The lowest BCUT2D eigenvalue weighted by molar-refractivity contribution is 0.0828. The summed E-state index contributed by atoms with van der Waals surface area (Å²) in [7, 11) is 0. The van der Waals surface area contributed by atoms with E-state index < -0.39 is 0 Å². The van der Waals surface area contributed by atoms with Crippen molar-refractivity contribution >= 4 is 16.8 Å². The first-order valence-corrected chi connectivity index (χ1v) is 5.78. The molecule has 0 radical (unpaired) electrons. The lowest BCUT2D eigenvalue weighted by atomic mass is 9.81. The van der Waals surface area contributed by atoms with Gasteiger partial charge < -0.3 is 4.42 Å². The molecule has 1 heterocycles. The zero-order valence-electron chi connectivity index (χ0n) is 9.32. The minimum Gasteiger partial charge on any atom is -0.453 e. The molecule has 0 aliphatic heterocycles. The zero-order valence-corrected chi connectivity index (χ0v) is 9.32. The van der Waals surface area contributed by atoms with Crippen LogP contribution in [-0.2, 0) is 0 Å². The first-order chi connectivity index (χ1) is 7.74. The molecule has 0 bridgehead atoms. The van der Waals surface area contributed by atoms with E-state index in [0.29, 0.717) is 5.76 Å². The van der Waals surface area contributed by atoms with Crippen LogP contribution in [0.5, 0.6) is 0 Å². The largest absolute Gasteiger partial charge is 0.453 e. The van der Waals surface area contributed by atoms with Crippen molar-refractivity contribution in [1.82, 2.24) is 0 Å². The third-order valence-electron chi connectivity index (χ3n) is 3.39. The highest BCUT2D eigenvalue weighted by Crippen LogP contribution is 2.31. The number of carbonyl (C=O) groups is 1. The van der Waals surface area contributed by atoms with Gasteiger partial charge in [-0.2, -0.15) is 0 Å². The van der Waals surface area contributed by atoms with Crippen LogP contribution in [0.4, 0.5) is 0 Å². The van der Waals surface area contributed by atoms with Gasteiger partial charge in [0, 0.05) is 11.3 Å². The maximum Gasteiger partial charge on any atom is 0.201 e. The molecule has 1 aliphatic carbocycles. The second kappa shape index (κ2) is 3.48. The van der Waals surface area contributed by atoms with Gasteiger partial charge in [0.25, 0.3) is 0 Å². The van der Waals surface area contributed by atoms with Crippen LogP contribution in [0.1, 0.15) is 35.4 Å². The summed E-state index contributed by atoms with van der Waals surface area (Å²) in [5.74, 6) is 0.923. The highest BCUT2D eigenvalue weighted by Gasteiger charge is 2.28. The number of carbonyl (C=O) groups excluding carboxylic acids is 1. The number of rotatable bonds is 2. The van der Waals surface area contributed by atoms with E-state index in [0.717, 1.165) is 23.8 Å². The molecule has 1 saturated carbocycles. The average molecular weight is 214 g/mol. The van der Waals surface area contributed by atoms with Crippen LogP contribution in [0.2, 0.25) is 0 Å². The standard InChI is InChI=1S/C14H14O2/c1-9-5-6-12-11(7-9)8-13(16-12)14(15)10-3-2-4-10/h5-8,10H,2-4H2,1H3. The Morgan fingerprint density at radius 2 is 2.12 bits per heavy atom. The van der Waals surface area contributed by atoms with Crippen molar-refractivity contribution in [2.75, 3.05) is 0 Å². The number of ketones is 1. The van der Waals surface area contributed by atoms with Crippen LogP contribution in [-0.4, -0.2) is 5.78 Å². The molecule has 1 aromatic carbocycles. The number of furan rings is 1. The number of fused-ring (bicyclic) bond motifs is 1. The van der Waals surface area contributed by atoms with Crippen molar-refractivity contribution in [3.8, 4) is 0 Å². The lowest BCUT2D eigenvalue weighted by Gasteiger charge is -2.22. The van der Waals surface area contributed by atoms with Gasteiger partial charge in [0.15, 0.2) is 5.76 Å². The molecular formula is C14H14O2. The molecule has 1 aromatic heterocycles. The minimum absolute atomic E-state index is 0.181. The zero-order chi connectivity index (χ0) is 11.1. The van der Waals surface area contributed by atoms with Crippen LogP contribution in [0, 0.1) is 12.8 Å². The van der Waals surface area contributed by atoms with Crippen molar-refractivity contribution in [3.05, 3.63) is 35.6 Å². The van der Waals surface area contributed by atoms with E-state index in [1.807, 2.05) is 25.1 Å². The van der Waals surface area contributed by atoms with Gasteiger partial charge in [0.1, 0.15) is 5.58 Å². The Hall–Kier alpha value is -1.57. The molecule has 0 spiro atoms. The first kappa shape index (κ1) is 9.64. The van der Waals surface area contributed by atoms with Crippen LogP contribution < -0.4 is 0 Å². The van der Waals surface area contributed by atoms with Crippen molar-refractivity contribution in [2.24, 2.45) is 5.92 Å². The maximum atomic E-state index is 12.0. The Bertz CT molecular complexity index is 547. The Kier molecular flexibility index (Phi) is 2.10. The van der Waals surface area contributed by atoms with Gasteiger partial charge in [-0.05, 0) is 38.0 Å². The predicted octanol–water partition coefficient (Wildman–Crippen LogP) is 3.72. The number of aryl methyl sites for hydroxylation is 1. The van der Waals surface area contributed by atoms with Crippen LogP contribution in [0.15, 0.2) is 28.7 Å². The summed E-state index contributed by atoms with van der Waals surface area (Å²) < 4.78 is 5.59. The highest BCUT2D eigenvalue weighted by atomic mass is 16.3. The fourth-order valence-corrected chi connectivity index (χ4v) is 2.16. The molecule has 2 heteroatoms. The van der Waals surface area contributed by atoms with E-state index in [4.69, 9.17) is 4.42 Å². The highest BCUT2D eigenvalue weighted by molar-refractivity contribution is 5.99. The Balaban J connectivity index is 2.01. The van der Waals surface area contributed by atoms with Crippen LogP contribution in [0.3, 0.4) is 0 Å². The van der Waals surface area contributed by atoms with Crippen molar-refractivity contribution in [2.45, 2.75) is 26.2 Å². The van der Waals surface area contributed by atoms with Gasteiger partial charge in [0.05, 0.1) is 0 Å². The Morgan fingerprint density at radius 1 is 1.31 bits per heavy atom. The summed E-state index contributed by atoms with van der Waals surface area (Å²) in [4.78, 5) is 12.0. The van der Waals surface area contributed by atoms with Crippen LogP contribution in [0.25, 0.3) is 11.0 Å². The van der Waals surface area contributed by atoms with Crippen molar-refractivity contribution < 1.29 is 9.21 Å². The summed E-state index contributed by atoms with van der Waals surface area (Å²) in [6.07, 6.45) is 3.22. The average Bonchev–Trinajstić information content (AvgIpc) is 2.57. The topological polar surface area (TPSA) is 30.2 Å². The van der Waals surface area contributed by atoms with Gasteiger partial charge >= 0.3 is 0 Å². The number of hydrogen-bond acceptors (Lipinski definition) is 2. The molecule has 3 rings (SSSR count). The molecule has 2 aromatic rings. The van der Waals surface area contributed by atoms with Gasteiger partial charge in [-0.25, -0.2) is 0 Å². The molecule has 16 heavy (non-hydrogen) atoms. The number of hydrogen-bond donors (Lipinski definition) is 0. The van der Waals surface area contributed by atoms with Crippen LogP contribution >= 0.6 is 0 Å². The molecular weight excluding hydrogens is 200 g/mol. The summed E-state index contributed by atoms with van der Waals surface area (Å²) in [6.45, 7) is 2.04. The molecule has 0 saturated heterocycles. The third-order valence-corrected chi connectivity index (χ3v) is 3.39. The van der Waals surface area contributed by atoms with Gasteiger partial charge in [0.2, 0.25) is 5.78 Å². The van der Waals surface area contributed by atoms with E-state index in [9.17, 15) is 4.79 Å². The minimum atomic E-state index is 0.181. The summed E-state index contributed by atoms with van der Waals surface area (Å²) >= 11 is 0. The van der Waals surface area contributed by atoms with E-state index in [1.54, 1.807) is 0 Å². The molecule has 0 unspecified atom stereocenters. The predicted molar refractivity (Wildman–Crippen MR) is 62.6 cm³/mol. The molecule has 1 fully saturated rings. The second-order valence-electron chi connectivity index (χ2n) is 4.64. The Labute approximate surface area is 94.3 Å². The van der Waals surface area contributed by atoms with E-state index in [1.165, 1.54) is 12.0 Å². The molecule has 82 valence electrons. The molecule has 1 aliphatic rings. The van der Waals surface area contributed by atoms with Gasteiger partial charge in [-0.1, -0.05) is 18.1 Å². The van der Waals surface area contributed by atoms with Crippen molar-refractivity contribution in [3.63, 3.8) is 0 Å². The lowest BCUT2D eigenvalue weighted by Crippen LogP contribution is -2.21.